The van der Waals surface area contributed by atoms with E-state index in [2.05, 4.69) is 40.3 Å². The molecular formula is C27H38N4O3S. The molecular weight excluding hydrogens is 460 g/mol. The molecule has 0 saturated carbocycles. The van der Waals surface area contributed by atoms with Crippen LogP contribution in [0.5, 0.6) is 0 Å². The van der Waals surface area contributed by atoms with E-state index in [0.29, 0.717) is 12.1 Å². The Balaban J connectivity index is 0.000000251. The van der Waals surface area contributed by atoms with Gasteiger partial charge in [-0.05, 0) is 63.3 Å². The number of carbonyl (C=O) groups excluding carboxylic acids is 1. The fraction of sp³-hybridized carbons (Fsp3) is 0.407. The molecule has 1 aromatic heterocycles. The summed E-state index contributed by atoms with van der Waals surface area (Å²) in [6.45, 7) is 9.45. The van der Waals surface area contributed by atoms with Crippen LogP contribution in [-0.4, -0.2) is 54.6 Å². The number of aromatic nitrogens is 2. The number of nitrogens with zero attached hydrogens (tertiary/aromatic N) is 2. The normalized spacial score (nSPS) is 10.5. The van der Waals surface area contributed by atoms with Crippen molar-refractivity contribution in [3.8, 4) is 11.3 Å². The molecule has 3 N–H and O–H groups in total. The topological polar surface area (TPSA) is 88.4 Å². The van der Waals surface area contributed by atoms with Gasteiger partial charge in [-0.1, -0.05) is 35.9 Å². The van der Waals surface area contributed by atoms with E-state index in [9.17, 15) is 4.79 Å². The Morgan fingerprint density at radius 1 is 1.14 bits per heavy atom. The Morgan fingerprint density at radius 2 is 1.91 bits per heavy atom. The van der Waals surface area contributed by atoms with Crippen LogP contribution in [0, 0.1) is 13.8 Å². The minimum Gasteiger partial charge on any atom is -0.396 e. The number of aliphatic hydroxyl groups is 1. The first-order chi connectivity index (χ1) is 17.0. The first-order valence-corrected chi connectivity index (χ1v) is 12.8. The predicted octanol–water partition coefficient (Wildman–Crippen LogP) is 5.11. The molecule has 0 spiro atoms. The van der Waals surface area contributed by atoms with Crippen molar-refractivity contribution in [3.05, 3.63) is 65.4 Å². The molecule has 1 heterocycles. The zero-order valence-corrected chi connectivity index (χ0v) is 22.0. The van der Waals surface area contributed by atoms with Gasteiger partial charge in [-0.25, -0.2) is 0 Å². The van der Waals surface area contributed by atoms with Gasteiger partial charge in [-0.15, -0.1) is 0 Å². The van der Waals surface area contributed by atoms with E-state index in [0.717, 1.165) is 55.8 Å². The molecule has 7 nitrogen and oxygen atoms in total. The van der Waals surface area contributed by atoms with Crippen LogP contribution in [0.3, 0.4) is 0 Å². The molecule has 0 aliphatic heterocycles. The fourth-order valence-corrected chi connectivity index (χ4v) is 3.97. The maximum Gasteiger partial charge on any atom is 0.153 e. The highest BCUT2D eigenvalue weighted by molar-refractivity contribution is 7.97. The predicted molar refractivity (Wildman–Crippen MR) is 145 cm³/mol. The van der Waals surface area contributed by atoms with Gasteiger partial charge < -0.3 is 15.2 Å². The molecule has 3 aromatic rings. The third-order valence-corrected chi connectivity index (χ3v) is 6.26. The minimum atomic E-state index is 0.187. The van der Waals surface area contributed by atoms with Crippen LogP contribution in [0.1, 0.15) is 41.3 Å². The highest BCUT2D eigenvalue weighted by Crippen LogP contribution is 2.23. The zero-order chi connectivity index (χ0) is 25.5. The monoisotopic (exact) mass is 498 g/mol. The number of hydrogen-bond donors (Lipinski definition) is 3. The number of aldehydes is 1. The Hall–Kier alpha value is -2.65. The molecule has 0 aliphatic rings. The molecule has 0 aliphatic carbocycles. The second kappa shape index (κ2) is 16.1. The van der Waals surface area contributed by atoms with E-state index < -0.39 is 0 Å². The second-order valence-electron chi connectivity index (χ2n) is 8.03. The van der Waals surface area contributed by atoms with Crippen molar-refractivity contribution in [1.29, 1.82) is 0 Å². The quantitative estimate of drug-likeness (QED) is 0.171. The number of unbranched alkanes of at least 4 members (excludes halogenated alkanes) is 1. The molecule has 190 valence electrons. The molecule has 0 saturated heterocycles. The van der Waals surface area contributed by atoms with Gasteiger partial charge in [-0.3, -0.25) is 14.2 Å². The van der Waals surface area contributed by atoms with Crippen molar-refractivity contribution in [2.24, 2.45) is 0 Å². The van der Waals surface area contributed by atoms with Gasteiger partial charge in [0.05, 0.1) is 12.2 Å². The van der Waals surface area contributed by atoms with Gasteiger partial charge in [0.25, 0.3) is 0 Å². The number of ether oxygens (including phenoxy) is 1. The number of anilines is 1. The van der Waals surface area contributed by atoms with Crippen LogP contribution in [0.4, 0.5) is 5.69 Å². The standard InChI is InChI=1S/C15H18N2O2.C12H20N2OS/c1-12-4-6-13(7-5-12)15-14(11-19)10-17(16-15)8-2-3-9-18;1-4-15-8-7-14-16-12-9-11(13-3)6-5-10(12)2/h4-7,10-11,18H,2-3,8-9H2,1H3;5-6,9,13-14H,4,7-8H2,1-3H3. The van der Waals surface area contributed by atoms with E-state index >= 15 is 0 Å². The van der Waals surface area contributed by atoms with Crippen molar-refractivity contribution in [2.75, 3.05) is 38.7 Å². The zero-order valence-electron chi connectivity index (χ0n) is 21.2. The van der Waals surface area contributed by atoms with E-state index in [1.54, 1.807) is 22.8 Å². The van der Waals surface area contributed by atoms with Crippen molar-refractivity contribution in [3.63, 3.8) is 0 Å². The molecule has 0 atom stereocenters. The van der Waals surface area contributed by atoms with E-state index in [4.69, 9.17) is 9.84 Å². The summed E-state index contributed by atoms with van der Waals surface area (Å²) < 4.78 is 10.3. The molecule has 0 amide bonds. The Bertz CT molecular complexity index is 1020. The Kier molecular flexibility index (Phi) is 13.2. The summed E-state index contributed by atoms with van der Waals surface area (Å²) in [4.78, 5) is 12.4. The lowest BCUT2D eigenvalue weighted by molar-refractivity contribution is 0.112. The molecule has 0 fully saturated rings. The fourth-order valence-electron chi connectivity index (χ4n) is 3.21. The number of rotatable bonds is 13. The lowest BCUT2D eigenvalue weighted by Gasteiger charge is -2.09. The average Bonchev–Trinajstić information content (AvgIpc) is 3.29. The van der Waals surface area contributed by atoms with Crippen LogP contribution in [-0.2, 0) is 11.3 Å². The van der Waals surface area contributed by atoms with Crippen LogP contribution in [0.2, 0.25) is 0 Å². The van der Waals surface area contributed by atoms with Crippen molar-refractivity contribution in [2.45, 2.75) is 45.1 Å². The van der Waals surface area contributed by atoms with Crippen molar-refractivity contribution < 1.29 is 14.6 Å². The molecule has 8 heteroatoms. The van der Waals surface area contributed by atoms with Crippen LogP contribution in [0.15, 0.2) is 53.6 Å². The number of aliphatic hydroxyl groups excluding tert-OH is 1. The van der Waals surface area contributed by atoms with Crippen LogP contribution in [0.25, 0.3) is 11.3 Å². The molecule has 0 unspecified atom stereocenters. The molecule has 0 radical (unpaired) electrons. The third kappa shape index (κ3) is 9.85. The molecule has 3 rings (SSSR count). The average molecular weight is 499 g/mol. The van der Waals surface area contributed by atoms with Crippen LogP contribution >= 0.6 is 11.9 Å². The van der Waals surface area contributed by atoms with Gasteiger partial charge in [0, 0.05) is 55.7 Å². The van der Waals surface area contributed by atoms with Gasteiger partial charge in [0.15, 0.2) is 6.29 Å². The summed E-state index contributed by atoms with van der Waals surface area (Å²) in [6, 6.07) is 14.3. The van der Waals surface area contributed by atoms with E-state index in [-0.39, 0.29) is 6.61 Å². The van der Waals surface area contributed by atoms with Gasteiger partial charge in [0.2, 0.25) is 0 Å². The van der Waals surface area contributed by atoms with Crippen LogP contribution < -0.4 is 10.0 Å². The van der Waals surface area contributed by atoms with Crippen molar-refractivity contribution >= 4 is 23.9 Å². The van der Waals surface area contributed by atoms with E-state index in [1.807, 2.05) is 45.2 Å². The molecule has 0 bridgehead atoms. The first kappa shape index (κ1) is 28.6. The number of hydrogen-bond acceptors (Lipinski definition) is 7. The van der Waals surface area contributed by atoms with Crippen molar-refractivity contribution in [1.82, 2.24) is 14.5 Å². The Morgan fingerprint density at radius 3 is 2.57 bits per heavy atom. The summed E-state index contributed by atoms with van der Waals surface area (Å²) >= 11 is 1.66. The maximum absolute atomic E-state index is 11.1. The molecule has 35 heavy (non-hydrogen) atoms. The lowest BCUT2D eigenvalue weighted by atomic mass is 10.1. The smallest absolute Gasteiger partial charge is 0.153 e. The summed E-state index contributed by atoms with van der Waals surface area (Å²) in [5.74, 6) is 0. The second-order valence-corrected chi connectivity index (χ2v) is 8.97. The van der Waals surface area contributed by atoms with Gasteiger partial charge in [-0.2, -0.15) is 5.10 Å². The molecule has 2 aromatic carbocycles. The highest BCUT2D eigenvalue weighted by Gasteiger charge is 2.10. The SMILES string of the molecule is CCOCCNSc1cc(NC)ccc1C.Cc1ccc(-c2nn(CCCCO)cc2C=O)cc1. The van der Waals surface area contributed by atoms with E-state index in [1.165, 1.54) is 16.0 Å². The number of nitrogens with one attached hydrogen (secondary N) is 2. The number of aryl methyl sites for hydroxylation is 3. The summed E-state index contributed by atoms with van der Waals surface area (Å²) in [5, 5.41) is 16.4. The first-order valence-electron chi connectivity index (χ1n) is 12.0. The number of benzene rings is 2. The number of carbonyl (C=O) groups is 1. The highest BCUT2D eigenvalue weighted by atomic mass is 32.2. The maximum atomic E-state index is 11.1. The summed E-state index contributed by atoms with van der Waals surface area (Å²) in [6.07, 6.45) is 4.20. The summed E-state index contributed by atoms with van der Waals surface area (Å²) in [5.41, 5.74) is 5.88. The third-order valence-electron chi connectivity index (χ3n) is 5.25. The summed E-state index contributed by atoms with van der Waals surface area (Å²) in [7, 11) is 1.93. The largest absolute Gasteiger partial charge is 0.396 e. The van der Waals surface area contributed by atoms with Gasteiger partial charge in [0.1, 0.15) is 5.69 Å². The Labute approximate surface area is 213 Å². The van der Waals surface area contributed by atoms with Gasteiger partial charge >= 0.3 is 0 Å². The lowest BCUT2D eigenvalue weighted by Crippen LogP contribution is -2.12. The minimum absolute atomic E-state index is 0.187.